The average Bonchev–Trinajstić information content (AvgIpc) is 3.08. The molecule has 0 N–H and O–H groups in total. The lowest BCUT2D eigenvalue weighted by atomic mass is 9.63. The predicted octanol–water partition coefficient (Wildman–Crippen LogP) is 4.73. The van der Waals surface area contributed by atoms with Crippen LogP contribution in [0.2, 0.25) is 0 Å². The molecule has 0 heteroatoms. The minimum atomic E-state index is 0.357. The summed E-state index contributed by atoms with van der Waals surface area (Å²) in [7, 11) is 0. The number of benzene rings is 1. The Labute approximate surface area is 105 Å². The zero-order valence-corrected chi connectivity index (χ0v) is 11.5. The van der Waals surface area contributed by atoms with E-state index < -0.39 is 0 Å². The van der Waals surface area contributed by atoms with Crippen LogP contribution < -0.4 is 0 Å². The fourth-order valence-electron chi connectivity index (χ4n) is 3.18. The van der Waals surface area contributed by atoms with E-state index in [1.807, 2.05) is 0 Å². The van der Waals surface area contributed by atoms with Crippen molar-refractivity contribution in [3.63, 3.8) is 0 Å². The predicted molar refractivity (Wildman–Crippen MR) is 73.4 cm³/mol. The quantitative estimate of drug-likeness (QED) is 0.651. The highest BCUT2D eigenvalue weighted by molar-refractivity contribution is 5.46. The zero-order valence-electron chi connectivity index (χ0n) is 11.5. The average molecular weight is 227 g/mol. The molecule has 2 aliphatic rings. The molecule has 91 valence electrons. The smallest absolute Gasteiger partial charge is 0.0100 e. The van der Waals surface area contributed by atoms with Gasteiger partial charge in [0.25, 0.3) is 0 Å². The first-order chi connectivity index (χ1) is 7.90. The van der Waals surface area contributed by atoms with Crippen LogP contribution in [-0.2, 0) is 10.8 Å². The molecule has 0 aromatic heterocycles. The molecule has 1 atom stereocenters. The van der Waals surface area contributed by atoms with Gasteiger partial charge in [0.15, 0.2) is 0 Å². The van der Waals surface area contributed by atoms with Crippen molar-refractivity contribution < 1.29 is 0 Å². The Balaban J connectivity index is 2.13. The summed E-state index contributed by atoms with van der Waals surface area (Å²) in [6.07, 6.45) is 6.30. The third-order valence-electron chi connectivity index (χ3n) is 4.78. The van der Waals surface area contributed by atoms with Gasteiger partial charge in [-0.2, -0.15) is 0 Å². The molecule has 0 aliphatic heterocycles. The van der Waals surface area contributed by atoms with E-state index in [4.69, 9.17) is 0 Å². The Morgan fingerprint density at radius 1 is 0.941 bits per heavy atom. The summed E-state index contributed by atoms with van der Waals surface area (Å²) in [6, 6.07) is 7.25. The zero-order chi connectivity index (χ0) is 12.3. The molecule has 17 heavy (non-hydrogen) atoms. The van der Waals surface area contributed by atoms with Crippen LogP contribution >= 0.6 is 0 Å². The highest BCUT2D eigenvalue weighted by Gasteiger charge is 2.37. The largest absolute Gasteiger partial charge is 0.0584 e. The monoisotopic (exact) mass is 227 g/mol. The molecule has 0 spiro atoms. The Kier molecular flexibility index (Phi) is 2.24. The molecule has 1 saturated carbocycles. The third kappa shape index (κ3) is 1.82. The van der Waals surface area contributed by atoms with Crippen LogP contribution in [0.1, 0.15) is 69.6 Å². The number of fused-ring (bicyclic) bond motifs is 1. The number of hydrogen-bond donors (Lipinski definition) is 0. The van der Waals surface area contributed by atoms with Crippen molar-refractivity contribution in [2.45, 2.75) is 63.7 Å². The van der Waals surface area contributed by atoms with E-state index in [1.165, 1.54) is 24.8 Å². The van der Waals surface area contributed by atoms with Crippen molar-refractivity contribution in [1.29, 1.82) is 0 Å². The van der Waals surface area contributed by atoms with Gasteiger partial charge in [-0.05, 0) is 59.1 Å². The van der Waals surface area contributed by atoms with Crippen LogP contribution in [0, 0.1) is 6.42 Å². The fourth-order valence-corrected chi connectivity index (χ4v) is 3.18. The lowest BCUT2D eigenvalue weighted by molar-refractivity contribution is 0.331. The van der Waals surface area contributed by atoms with Crippen LogP contribution in [0.3, 0.4) is 0 Å². The Morgan fingerprint density at radius 2 is 1.53 bits per heavy atom. The van der Waals surface area contributed by atoms with Gasteiger partial charge >= 0.3 is 0 Å². The molecule has 0 amide bonds. The standard InChI is InChI=1S/C17H23/c1-16(2)9-10-17(3,4)15-11-13(12-5-6-12)7-8-14(15)16/h5,7-8,11-12H,6,9-10H2,1-4H3. The van der Waals surface area contributed by atoms with Gasteiger partial charge < -0.3 is 0 Å². The molecule has 2 aliphatic carbocycles. The lowest BCUT2D eigenvalue weighted by Gasteiger charge is -2.42. The normalized spacial score (nSPS) is 25.4. The molecule has 0 saturated heterocycles. The second kappa shape index (κ2) is 3.37. The summed E-state index contributed by atoms with van der Waals surface area (Å²) in [6.45, 7) is 9.59. The van der Waals surface area contributed by atoms with Crippen molar-refractivity contribution in [3.05, 3.63) is 41.3 Å². The van der Waals surface area contributed by atoms with Crippen LogP contribution in [0.4, 0.5) is 0 Å². The minimum Gasteiger partial charge on any atom is -0.0584 e. The molecule has 1 aromatic rings. The van der Waals surface area contributed by atoms with E-state index >= 15 is 0 Å². The topological polar surface area (TPSA) is 0 Å². The minimum absolute atomic E-state index is 0.357. The summed E-state index contributed by atoms with van der Waals surface area (Å²) in [4.78, 5) is 0. The molecule has 1 fully saturated rings. The van der Waals surface area contributed by atoms with Gasteiger partial charge in [-0.1, -0.05) is 45.9 Å². The Bertz CT molecular complexity index is 447. The summed E-state index contributed by atoms with van der Waals surface area (Å²) in [5.74, 6) is 0.751. The summed E-state index contributed by atoms with van der Waals surface area (Å²) in [5, 5.41) is 0. The van der Waals surface area contributed by atoms with E-state index in [0.29, 0.717) is 10.8 Å². The molecule has 1 aromatic carbocycles. The number of rotatable bonds is 1. The SMILES string of the molecule is CC1(C)CCC(C)(C)c2cc(C3[CH]C3)ccc21. The maximum absolute atomic E-state index is 2.49. The van der Waals surface area contributed by atoms with Crippen molar-refractivity contribution in [3.8, 4) is 0 Å². The fraction of sp³-hybridized carbons (Fsp3) is 0.588. The second-order valence-electron chi connectivity index (χ2n) is 7.15. The van der Waals surface area contributed by atoms with E-state index in [-0.39, 0.29) is 0 Å². The van der Waals surface area contributed by atoms with Gasteiger partial charge in [0, 0.05) is 0 Å². The van der Waals surface area contributed by atoms with Crippen LogP contribution in [0.5, 0.6) is 0 Å². The Hall–Kier alpha value is -0.780. The maximum Gasteiger partial charge on any atom is -0.0100 e. The van der Waals surface area contributed by atoms with E-state index in [1.54, 1.807) is 11.1 Å². The molecule has 1 unspecified atom stereocenters. The first kappa shape index (κ1) is 11.3. The van der Waals surface area contributed by atoms with Gasteiger partial charge in [-0.3, -0.25) is 0 Å². The van der Waals surface area contributed by atoms with Gasteiger partial charge in [0.2, 0.25) is 0 Å². The first-order valence-electron chi connectivity index (χ1n) is 6.88. The van der Waals surface area contributed by atoms with Crippen molar-refractivity contribution >= 4 is 0 Å². The van der Waals surface area contributed by atoms with E-state index in [9.17, 15) is 0 Å². The summed E-state index contributed by atoms with van der Waals surface area (Å²) < 4.78 is 0. The van der Waals surface area contributed by atoms with Crippen molar-refractivity contribution in [1.82, 2.24) is 0 Å². The summed E-state index contributed by atoms with van der Waals surface area (Å²) >= 11 is 0. The van der Waals surface area contributed by atoms with Crippen LogP contribution in [-0.4, -0.2) is 0 Å². The lowest BCUT2D eigenvalue weighted by Crippen LogP contribution is -2.33. The second-order valence-corrected chi connectivity index (χ2v) is 7.15. The van der Waals surface area contributed by atoms with Gasteiger partial charge in [0.1, 0.15) is 0 Å². The highest BCUT2D eigenvalue weighted by atomic mass is 14.4. The van der Waals surface area contributed by atoms with Crippen molar-refractivity contribution in [2.75, 3.05) is 0 Å². The van der Waals surface area contributed by atoms with E-state index in [0.717, 1.165) is 5.92 Å². The van der Waals surface area contributed by atoms with Crippen molar-refractivity contribution in [2.24, 2.45) is 0 Å². The van der Waals surface area contributed by atoms with Crippen LogP contribution in [0.25, 0.3) is 0 Å². The van der Waals surface area contributed by atoms with E-state index in [2.05, 4.69) is 52.3 Å². The third-order valence-corrected chi connectivity index (χ3v) is 4.78. The molecule has 1 radical (unpaired) electrons. The van der Waals surface area contributed by atoms with Gasteiger partial charge in [-0.25, -0.2) is 0 Å². The molecule has 0 nitrogen and oxygen atoms in total. The maximum atomic E-state index is 2.49. The molecule has 0 heterocycles. The molecular formula is C17H23. The summed E-state index contributed by atoms with van der Waals surface area (Å²) in [5.41, 5.74) is 5.44. The van der Waals surface area contributed by atoms with Gasteiger partial charge in [0.05, 0.1) is 0 Å². The molecule has 0 bridgehead atoms. The first-order valence-corrected chi connectivity index (χ1v) is 6.88. The molecular weight excluding hydrogens is 204 g/mol. The molecule has 3 rings (SSSR count). The van der Waals surface area contributed by atoms with Crippen LogP contribution in [0.15, 0.2) is 18.2 Å². The van der Waals surface area contributed by atoms with Gasteiger partial charge in [-0.15, -0.1) is 0 Å². The number of hydrogen-bond acceptors (Lipinski definition) is 0. The Morgan fingerprint density at radius 3 is 2.12 bits per heavy atom. The highest BCUT2D eigenvalue weighted by Crippen LogP contribution is 2.48.